The predicted molar refractivity (Wildman–Crippen MR) is 85.1 cm³/mol. The highest BCUT2D eigenvalue weighted by molar-refractivity contribution is 7.91. The van der Waals surface area contributed by atoms with Crippen LogP contribution in [-0.2, 0) is 16.3 Å². The van der Waals surface area contributed by atoms with Crippen molar-refractivity contribution in [2.24, 2.45) is 5.92 Å². The fraction of sp³-hybridized carbons (Fsp3) is 0.438. The molecule has 0 bridgehead atoms. The normalized spacial score (nSPS) is 22.4. The van der Waals surface area contributed by atoms with Gasteiger partial charge < -0.3 is 5.32 Å². The number of nitrogens with one attached hydrogen (secondary N) is 1. The van der Waals surface area contributed by atoms with E-state index in [0.29, 0.717) is 11.5 Å². The lowest BCUT2D eigenvalue weighted by Crippen LogP contribution is -2.36. The van der Waals surface area contributed by atoms with Gasteiger partial charge in [0.2, 0.25) is 0 Å². The molecule has 0 radical (unpaired) electrons. The lowest BCUT2D eigenvalue weighted by molar-refractivity contribution is 0.400. The van der Waals surface area contributed by atoms with Gasteiger partial charge in [-0.3, -0.25) is 4.98 Å². The predicted octanol–water partition coefficient (Wildman–Crippen LogP) is 1.80. The lowest BCUT2D eigenvalue weighted by Gasteiger charge is -2.21. The zero-order chi connectivity index (χ0) is 14.9. The van der Waals surface area contributed by atoms with E-state index in [2.05, 4.69) is 16.4 Å². The van der Waals surface area contributed by atoms with Gasteiger partial charge in [-0.25, -0.2) is 8.42 Å². The molecule has 5 heteroatoms. The third kappa shape index (κ3) is 3.24. The topological polar surface area (TPSA) is 59.1 Å². The Hall–Kier alpha value is -1.46. The summed E-state index contributed by atoms with van der Waals surface area (Å²) in [6.07, 6.45) is 1.52. The van der Waals surface area contributed by atoms with Gasteiger partial charge in [0.25, 0.3) is 0 Å². The number of rotatable bonds is 4. The van der Waals surface area contributed by atoms with Gasteiger partial charge in [0.05, 0.1) is 17.0 Å². The van der Waals surface area contributed by atoms with Crippen molar-refractivity contribution in [3.8, 4) is 0 Å². The van der Waals surface area contributed by atoms with E-state index < -0.39 is 9.84 Å². The van der Waals surface area contributed by atoms with E-state index >= 15 is 0 Å². The second-order valence-corrected chi connectivity index (χ2v) is 7.99. The number of benzene rings is 1. The second-order valence-electron chi connectivity index (χ2n) is 5.76. The highest BCUT2D eigenvalue weighted by Gasteiger charge is 2.33. The Bertz CT molecular complexity index is 743. The van der Waals surface area contributed by atoms with E-state index in [0.717, 1.165) is 29.4 Å². The highest BCUT2D eigenvalue weighted by atomic mass is 32.2. The van der Waals surface area contributed by atoms with Gasteiger partial charge in [-0.2, -0.15) is 0 Å². The van der Waals surface area contributed by atoms with Crippen molar-refractivity contribution >= 4 is 20.7 Å². The quantitative estimate of drug-likeness (QED) is 0.936. The third-order valence-electron chi connectivity index (χ3n) is 4.29. The van der Waals surface area contributed by atoms with Crippen molar-refractivity contribution in [2.75, 3.05) is 18.6 Å². The monoisotopic (exact) mass is 304 g/mol. The van der Waals surface area contributed by atoms with Crippen LogP contribution in [0.4, 0.5) is 0 Å². The number of aromatic nitrogens is 1. The average Bonchev–Trinajstić information content (AvgIpc) is 2.84. The molecule has 0 saturated carbocycles. The zero-order valence-electron chi connectivity index (χ0n) is 12.1. The summed E-state index contributed by atoms with van der Waals surface area (Å²) in [5.41, 5.74) is 2.00. The van der Waals surface area contributed by atoms with Gasteiger partial charge in [-0.15, -0.1) is 0 Å². The van der Waals surface area contributed by atoms with E-state index in [1.54, 1.807) is 0 Å². The molecule has 4 nitrogen and oxygen atoms in total. The molecule has 2 aromatic rings. The molecular formula is C16H20N2O2S. The van der Waals surface area contributed by atoms with Gasteiger partial charge in [0, 0.05) is 23.5 Å². The SMILES string of the molecule is CNC(Cc1ccc2ccccc2n1)C1CCS(=O)(=O)C1. The Kier molecular flexibility index (Phi) is 3.95. The molecule has 2 heterocycles. The molecule has 1 aliphatic heterocycles. The van der Waals surface area contributed by atoms with Crippen molar-refractivity contribution in [1.82, 2.24) is 10.3 Å². The molecule has 1 aromatic carbocycles. The fourth-order valence-electron chi connectivity index (χ4n) is 3.09. The second kappa shape index (κ2) is 5.73. The van der Waals surface area contributed by atoms with Crippen LogP contribution in [0.3, 0.4) is 0 Å². The van der Waals surface area contributed by atoms with Crippen LogP contribution in [-0.4, -0.2) is 38.0 Å². The minimum absolute atomic E-state index is 0.163. The summed E-state index contributed by atoms with van der Waals surface area (Å²) in [7, 11) is -0.938. The Balaban J connectivity index is 1.79. The van der Waals surface area contributed by atoms with Gasteiger partial charge >= 0.3 is 0 Å². The number of para-hydroxylation sites is 1. The minimum Gasteiger partial charge on any atom is -0.316 e. The minimum atomic E-state index is -2.84. The number of likely N-dealkylation sites (N-methyl/N-ethyl adjacent to an activating group) is 1. The average molecular weight is 304 g/mol. The highest BCUT2D eigenvalue weighted by Crippen LogP contribution is 2.24. The molecule has 1 saturated heterocycles. The molecule has 2 unspecified atom stereocenters. The first-order valence-electron chi connectivity index (χ1n) is 7.30. The maximum atomic E-state index is 11.6. The number of nitrogens with zero attached hydrogens (tertiary/aromatic N) is 1. The molecule has 0 amide bonds. The Morgan fingerprint density at radius 2 is 2.10 bits per heavy atom. The molecule has 1 fully saturated rings. The van der Waals surface area contributed by atoms with E-state index in [4.69, 9.17) is 0 Å². The first-order valence-corrected chi connectivity index (χ1v) is 9.12. The zero-order valence-corrected chi connectivity index (χ0v) is 12.9. The summed E-state index contributed by atoms with van der Waals surface area (Å²) in [4.78, 5) is 4.68. The van der Waals surface area contributed by atoms with Gasteiger partial charge in [-0.05, 0) is 31.5 Å². The Morgan fingerprint density at radius 3 is 2.81 bits per heavy atom. The largest absolute Gasteiger partial charge is 0.316 e. The first kappa shape index (κ1) is 14.5. The Morgan fingerprint density at radius 1 is 1.29 bits per heavy atom. The standard InChI is InChI=1S/C16H20N2O2S/c1-17-16(13-8-9-21(19,20)11-13)10-14-7-6-12-4-2-3-5-15(12)18-14/h2-7,13,16-17H,8-11H2,1H3. The van der Waals surface area contributed by atoms with Gasteiger partial charge in [-0.1, -0.05) is 24.3 Å². The molecule has 3 rings (SSSR count). The number of fused-ring (bicyclic) bond motifs is 1. The molecule has 1 N–H and O–H groups in total. The molecule has 21 heavy (non-hydrogen) atoms. The van der Waals surface area contributed by atoms with Crippen molar-refractivity contribution < 1.29 is 8.42 Å². The van der Waals surface area contributed by atoms with Crippen LogP contribution >= 0.6 is 0 Å². The van der Waals surface area contributed by atoms with Crippen LogP contribution in [0.5, 0.6) is 0 Å². The number of hydrogen-bond acceptors (Lipinski definition) is 4. The molecule has 112 valence electrons. The number of hydrogen-bond donors (Lipinski definition) is 1. The van der Waals surface area contributed by atoms with Crippen LogP contribution in [0.1, 0.15) is 12.1 Å². The van der Waals surface area contributed by atoms with Crippen molar-refractivity contribution in [3.05, 3.63) is 42.1 Å². The van der Waals surface area contributed by atoms with Crippen molar-refractivity contribution in [3.63, 3.8) is 0 Å². The molecule has 1 aromatic heterocycles. The molecule has 1 aliphatic rings. The molecular weight excluding hydrogens is 284 g/mol. The van der Waals surface area contributed by atoms with Crippen LogP contribution in [0.25, 0.3) is 10.9 Å². The molecule has 0 aliphatic carbocycles. The molecule has 0 spiro atoms. The van der Waals surface area contributed by atoms with Crippen molar-refractivity contribution in [1.29, 1.82) is 0 Å². The van der Waals surface area contributed by atoms with E-state index in [9.17, 15) is 8.42 Å². The lowest BCUT2D eigenvalue weighted by atomic mass is 9.95. The van der Waals surface area contributed by atoms with E-state index in [1.165, 1.54) is 0 Å². The number of pyridine rings is 1. The maximum absolute atomic E-state index is 11.6. The first-order chi connectivity index (χ1) is 10.1. The third-order valence-corrected chi connectivity index (χ3v) is 6.09. The number of sulfone groups is 1. The van der Waals surface area contributed by atoms with Crippen LogP contribution < -0.4 is 5.32 Å². The van der Waals surface area contributed by atoms with E-state index in [1.807, 2.05) is 37.4 Å². The van der Waals surface area contributed by atoms with Crippen LogP contribution in [0.15, 0.2) is 36.4 Å². The Labute approximate surface area is 125 Å². The van der Waals surface area contributed by atoms with Crippen LogP contribution in [0.2, 0.25) is 0 Å². The summed E-state index contributed by atoms with van der Waals surface area (Å²) in [6, 6.07) is 12.3. The summed E-state index contributed by atoms with van der Waals surface area (Å²) in [5, 5.41) is 4.40. The van der Waals surface area contributed by atoms with Gasteiger partial charge in [0.15, 0.2) is 9.84 Å². The summed E-state index contributed by atoms with van der Waals surface area (Å²) >= 11 is 0. The summed E-state index contributed by atoms with van der Waals surface area (Å²) in [5.74, 6) is 0.806. The van der Waals surface area contributed by atoms with E-state index in [-0.39, 0.29) is 12.0 Å². The molecule has 2 atom stereocenters. The maximum Gasteiger partial charge on any atom is 0.150 e. The van der Waals surface area contributed by atoms with Crippen LogP contribution in [0, 0.1) is 5.92 Å². The summed E-state index contributed by atoms with van der Waals surface area (Å²) < 4.78 is 23.3. The van der Waals surface area contributed by atoms with Crippen molar-refractivity contribution in [2.45, 2.75) is 18.9 Å². The van der Waals surface area contributed by atoms with Gasteiger partial charge in [0.1, 0.15) is 0 Å². The smallest absolute Gasteiger partial charge is 0.150 e. The summed E-state index contributed by atoms with van der Waals surface area (Å²) in [6.45, 7) is 0. The fourth-order valence-corrected chi connectivity index (χ4v) is 4.97.